The topological polar surface area (TPSA) is 80.8 Å². The first-order valence-electron chi connectivity index (χ1n) is 14.9. The zero-order chi connectivity index (χ0) is 31.1. The maximum atomic E-state index is 13.2. The quantitative estimate of drug-likeness (QED) is 0.214. The van der Waals surface area contributed by atoms with Crippen molar-refractivity contribution in [3.63, 3.8) is 0 Å². The Labute approximate surface area is 255 Å². The van der Waals surface area contributed by atoms with Crippen LogP contribution in [0.25, 0.3) is 22.0 Å². The Morgan fingerprint density at radius 1 is 0.977 bits per heavy atom. The molecule has 0 bridgehead atoms. The van der Waals surface area contributed by atoms with Crippen molar-refractivity contribution in [3.05, 3.63) is 95.2 Å². The lowest BCUT2D eigenvalue weighted by Gasteiger charge is -2.24. The number of benzene rings is 3. The monoisotopic (exact) mass is 581 g/mol. The molecule has 43 heavy (non-hydrogen) atoms. The van der Waals surface area contributed by atoms with E-state index in [-0.39, 0.29) is 13.2 Å². The number of nitrogens with zero attached hydrogens (tertiary/aromatic N) is 2. The number of carbonyl (C=O) groups excluding carboxylic acids is 2. The standard InChI is InChI=1S/C36H43N3O4/c1-8-39(35(41)42-23-26-12-10-9-11-13-26)28-18-19-31-29(21-28)33(27-16-14-25(4)15-17-27)30(32(38-31)20-24(2)3)22-37-34(40)43-36(5,6)7/h9-19,21,24H,8,20,22-23H2,1-7H3,(H,37,40). The van der Waals surface area contributed by atoms with Gasteiger partial charge in [-0.25, -0.2) is 9.59 Å². The van der Waals surface area contributed by atoms with Gasteiger partial charge < -0.3 is 14.8 Å². The lowest BCUT2D eigenvalue weighted by molar-refractivity contribution is 0.0523. The molecule has 1 N–H and O–H groups in total. The van der Waals surface area contributed by atoms with Crippen LogP contribution in [0.2, 0.25) is 0 Å². The van der Waals surface area contributed by atoms with Gasteiger partial charge in [-0.15, -0.1) is 0 Å². The third-order valence-electron chi connectivity index (χ3n) is 6.96. The highest BCUT2D eigenvalue weighted by Gasteiger charge is 2.23. The van der Waals surface area contributed by atoms with Crippen molar-refractivity contribution in [2.45, 2.75) is 73.6 Å². The van der Waals surface area contributed by atoms with Gasteiger partial charge in [-0.05, 0) is 81.8 Å². The molecule has 4 aromatic rings. The summed E-state index contributed by atoms with van der Waals surface area (Å²) in [6, 6.07) is 23.9. The SMILES string of the molecule is CCN(C(=O)OCc1ccccc1)c1ccc2nc(CC(C)C)c(CNC(=O)OC(C)(C)C)c(-c3ccc(C)cc3)c2c1. The summed E-state index contributed by atoms with van der Waals surface area (Å²) in [5.41, 5.74) is 6.85. The number of aromatic nitrogens is 1. The van der Waals surface area contributed by atoms with Crippen LogP contribution >= 0.6 is 0 Å². The first-order valence-corrected chi connectivity index (χ1v) is 14.9. The van der Waals surface area contributed by atoms with Gasteiger partial charge in [-0.1, -0.05) is 74.0 Å². The Balaban J connectivity index is 1.81. The van der Waals surface area contributed by atoms with Gasteiger partial charge in [-0.2, -0.15) is 0 Å². The van der Waals surface area contributed by atoms with Crippen molar-refractivity contribution < 1.29 is 19.1 Å². The molecule has 0 atom stereocenters. The highest BCUT2D eigenvalue weighted by atomic mass is 16.6. The van der Waals surface area contributed by atoms with Gasteiger partial charge >= 0.3 is 12.2 Å². The summed E-state index contributed by atoms with van der Waals surface area (Å²) in [7, 11) is 0. The molecule has 0 fully saturated rings. The molecular weight excluding hydrogens is 538 g/mol. The number of pyridine rings is 1. The van der Waals surface area contributed by atoms with E-state index in [0.717, 1.165) is 50.8 Å². The van der Waals surface area contributed by atoms with Gasteiger partial charge in [0.25, 0.3) is 0 Å². The van der Waals surface area contributed by atoms with Gasteiger partial charge in [0.15, 0.2) is 0 Å². The maximum absolute atomic E-state index is 13.2. The minimum Gasteiger partial charge on any atom is -0.444 e. The van der Waals surface area contributed by atoms with Crippen LogP contribution in [-0.4, -0.2) is 29.3 Å². The summed E-state index contributed by atoms with van der Waals surface area (Å²) >= 11 is 0. The molecule has 2 amide bonds. The zero-order valence-corrected chi connectivity index (χ0v) is 26.4. The third-order valence-corrected chi connectivity index (χ3v) is 6.96. The van der Waals surface area contributed by atoms with Gasteiger partial charge in [0, 0.05) is 35.4 Å². The summed E-state index contributed by atoms with van der Waals surface area (Å²) in [5, 5.41) is 3.86. The Kier molecular flexibility index (Phi) is 10.1. The second-order valence-corrected chi connectivity index (χ2v) is 12.2. The van der Waals surface area contributed by atoms with Crippen LogP contribution in [0, 0.1) is 12.8 Å². The number of carbonyl (C=O) groups is 2. The molecule has 0 radical (unpaired) electrons. The molecule has 7 nitrogen and oxygen atoms in total. The summed E-state index contributed by atoms with van der Waals surface area (Å²) in [5.74, 6) is 0.352. The molecule has 4 rings (SSSR count). The molecule has 0 aliphatic carbocycles. The van der Waals surface area contributed by atoms with Crippen LogP contribution in [0.3, 0.4) is 0 Å². The summed E-state index contributed by atoms with van der Waals surface area (Å²) in [6.07, 6.45) is -0.154. The Morgan fingerprint density at radius 2 is 1.67 bits per heavy atom. The fourth-order valence-corrected chi connectivity index (χ4v) is 4.99. The summed E-state index contributed by atoms with van der Waals surface area (Å²) in [6.45, 7) is 14.7. The van der Waals surface area contributed by atoms with Gasteiger partial charge in [0.05, 0.1) is 5.52 Å². The van der Waals surface area contributed by atoms with E-state index in [2.05, 4.69) is 50.4 Å². The minimum atomic E-state index is -0.611. The second-order valence-electron chi connectivity index (χ2n) is 12.2. The number of aryl methyl sites for hydroxylation is 1. The van der Waals surface area contributed by atoms with Crippen LogP contribution in [-0.2, 0) is 29.0 Å². The molecule has 3 aromatic carbocycles. The van der Waals surface area contributed by atoms with Crippen molar-refractivity contribution >= 4 is 28.8 Å². The van der Waals surface area contributed by atoms with Crippen molar-refractivity contribution in [1.82, 2.24) is 10.3 Å². The van der Waals surface area contributed by atoms with Gasteiger partial charge in [0.1, 0.15) is 12.2 Å². The van der Waals surface area contributed by atoms with E-state index in [1.165, 1.54) is 0 Å². The lowest BCUT2D eigenvalue weighted by Crippen LogP contribution is -2.32. The van der Waals surface area contributed by atoms with Gasteiger partial charge in [0.2, 0.25) is 0 Å². The fourth-order valence-electron chi connectivity index (χ4n) is 4.99. The molecule has 0 unspecified atom stereocenters. The van der Waals surface area contributed by atoms with Crippen molar-refractivity contribution in [1.29, 1.82) is 0 Å². The highest BCUT2D eigenvalue weighted by molar-refractivity contribution is 6.00. The van der Waals surface area contributed by atoms with E-state index in [0.29, 0.717) is 18.2 Å². The second kappa shape index (κ2) is 13.7. The minimum absolute atomic E-state index is 0.193. The van der Waals surface area contributed by atoms with E-state index in [1.54, 1.807) is 4.90 Å². The van der Waals surface area contributed by atoms with Gasteiger partial charge in [-0.3, -0.25) is 9.88 Å². The number of hydrogen-bond acceptors (Lipinski definition) is 5. The van der Waals surface area contributed by atoms with E-state index in [4.69, 9.17) is 14.5 Å². The molecule has 1 aromatic heterocycles. The van der Waals surface area contributed by atoms with Crippen LogP contribution in [0.1, 0.15) is 63.9 Å². The number of ether oxygens (including phenoxy) is 2. The average Bonchev–Trinajstić information content (AvgIpc) is 2.95. The fraction of sp³-hybridized carbons (Fsp3) is 0.361. The number of fused-ring (bicyclic) bond motifs is 1. The Morgan fingerprint density at radius 3 is 2.30 bits per heavy atom. The third kappa shape index (κ3) is 8.34. The van der Waals surface area contributed by atoms with Crippen molar-refractivity contribution in [3.8, 4) is 11.1 Å². The van der Waals surface area contributed by atoms with Crippen LogP contribution in [0.5, 0.6) is 0 Å². The Bertz CT molecular complexity index is 1560. The molecule has 226 valence electrons. The summed E-state index contributed by atoms with van der Waals surface area (Å²) < 4.78 is 11.2. The molecular formula is C36H43N3O4. The molecule has 0 aliphatic heterocycles. The molecule has 0 saturated heterocycles. The highest BCUT2D eigenvalue weighted by Crippen LogP contribution is 2.36. The predicted octanol–water partition coefficient (Wildman–Crippen LogP) is 8.60. The predicted molar refractivity (Wildman–Crippen MR) is 173 cm³/mol. The maximum Gasteiger partial charge on any atom is 0.414 e. The smallest absolute Gasteiger partial charge is 0.414 e. The first kappa shape index (κ1) is 31.5. The van der Waals surface area contributed by atoms with Crippen LogP contribution in [0.15, 0.2) is 72.8 Å². The average molecular weight is 582 g/mol. The lowest BCUT2D eigenvalue weighted by atomic mass is 9.91. The van der Waals surface area contributed by atoms with Crippen molar-refractivity contribution in [2.75, 3.05) is 11.4 Å². The van der Waals surface area contributed by atoms with E-state index in [9.17, 15) is 9.59 Å². The normalized spacial score (nSPS) is 11.4. The number of alkyl carbamates (subject to hydrolysis) is 1. The van der Waals surface area contributed by atoms with Crippen molar-refractivity contribution in [2.24, 2.45) is 5.92 Å². The number of anilines is 1. The molecule has 7 heteroatoms. The Hall–Kier alpha value is -4.39. The van der Waals surface area contributed by atoms with E-state index in [1.807, 2.05) is 76.2 Å². The number of hydrogen-bond donors (Lipinski definition) is 1. The van der Waals surface area contributed by atoms with Crippen LogP contribution in [0.4, 0.5) is 15.3 Å². The number of amides is 2. The number of rotatable bonds is 9. The molecule has 1 heterocycles. The van der Waals surface area contributed by atoms with E-state index < -0.39 is 17.8 Å². The number of nitrogens with one attached hydrogen (secondary N) is 1. The first-order chi connectivity index (χ1) is 20.4. The molecule has 0 saturated carbocycles. The zero-order valence-electron chi connectivity index (χ0n) is 26.4. The van der Waals surface area contributed by atoms with Crippen LogP contribution < -0.4 is 10.2 Å². The molecule has 0 spiro atoms. The summed E-state index contributed by atoms with van der Waals surface area (Å²) in [4.78, 5) is 32.7. The van der Waals surface area contributed by atoms with E-state index >= 15 is 0 Å². The molecule has 0 aliphatic rings. The largest absolute Gasteiger partial charge is 0.444 e.